The van der Waals surface area contributed by atoms with Gasteiger partial charge in [0.15, 0.2) is 0 Å². The minimum Gasteiger partial charge on any atom is -0.373 e. The summed E-state index contributed by atoms with van der Waals surface area (Å²) in [5.74, 6) is 0. The molecule has 0 aromatic heterocycles. The van der Waals surface area contributed by atoms with Crippen molar-refractivity contribution in [3.05, 3.63) is 0 Å². The molecule has 0 radical (unpaired) electrons. The van der Waals surface area contributed by atoms with E-state index in [0.717, 1.165) is 0 Å². The summed E-state index contributed by atoms with van der Waals surface area (Å²) in [6, 6.07) is 0. The fourth-order valence-corrected chi connectivity index (χ4v) is 0.677. The molecular formula is C8H15NO4. The monoisotopic (exact) mass is 189 g/mol. The van der Waals surface area contributed by atoms with Gasteiger partial charge in [-0.1, -0.05) is 0 Å². The van der Waals surface area contributed by atoms with Gasteiger partial charge in [0.25, 0.3) is 0 Å². The topological polar surface area (TPSA) is 64.6 Å². The standard InChI is InChI=1S/C8H15NO4/c10-3-7-12-5-1-9-2-6-13-8-4-11/h3-4,9H,1-2,5-8H2. The van der Waals surface area contributed by atoms with Gasteiger partial charge >= 0.3 is 0 Å². The van der Waals surface area contributed by atoms with Gasteiger partial charge in [-0.25, -0.2) is 0 Å². The fourth-order valence-electron chi connectivity index (χ4n) is 0.677. The molecule has 0 saturated heterocycles. The zero-order valence-electron chi connectivity index (χ0n) is 7.53. The van der Waals surface area contributed by atoms with Crippen molar-refractivity contribution >= 4 is 12.6 Å². The van der Waals surface area contributed by atoms with E-state index in [1.165, 1.54) is 0 Å². The molecule has 0 aliphatic heterocycles. The van der Waals surface area contributed by atoms with E-state index in [1.54, 1.807) is 0 Å². The van der Waals surface area contributed by atoms with Gasteiger partial charge in [0.1, 0.15) is 25.8 Å². The summed E-state index contributed by atoms with van der Waals surface area (Å²) in [4.78, 5) is 19.6. The number of hydrogen-bond donors (Lipinski definition) is 1. The van der Waals surface area contributed by atoms with E-state index in [2.05, 4.69) is 5.32 Å². The molecule has 0 bridgehead atoms. The normalized spacial score (nSPS) is 9.85. The third kappa shape index (κ3) is 11.2. The van der Waals surface area contributed by atoms with Crippen LogP contribution in [0.5, 0.6) is 0 Å². The lowest BCUT2D eigenvalue weighted by molar-refractivity contribution is -0.112. The van der Waals surface area contributed by atoms with E-state index in [1.807, 2.05) is 0 Å². The molecule has 0 amide bonds. The number of carbonyl (C=O) groups is 2. The predicted octanol–water partition coefficient (Wildman–Crippen LogP) is -0.993. The molecule has 0 spiro atoms. The number of aldehydes is 2. The van der Waals surface area contributed by atoms with Crippen LogP contribution >= 0.6 is 0 Å². The van der Waals surface area contributed by atoms with Crippen molar-refractivity contribution in [1.82, 2.24) is 5.32 Å². The molecule has 76 valence electrons. The summed E-state index contributed by atoms with van der Waals surface area (Å²) in [7, 11) is 0. The molecule has 0 unspecified atom stereocenters. The van der Waals surface area contributed by atoms with Gasteiger partial charge in [0.05, 0.1) is 13.2 Å². The number of ether oxygens (including phenoxy) is 2. The van der Waals surface area contributed by atoms with Gasteiger partial charge < -0.3 is 24.4 Å². The molecular weight excluding hydrogens is 174 g/mol. The number of nitrogens with one attached hydrogen (secondary N) is 1. The Hall–Kier alpha value is -0.780. The van der Waals surface area contributed by atoms with Crippen LogP contribution in [0.2, 0.25) is 0 Å². The van der Waals surface area contributed by atoms with Crippen LogP contribution in [0.1, 0.15) is 0 Å². The smallest absolute Gasteiger partial charge is 0.145 e. The van der Waals surface area contributed by atoms with Crippen LogP contribution in [0.15, 0.2) is 0 Å². The second-order valence-corrected chi connectivity index (χ2v) is 2.23. The SMILES string of the molecule is O=CCOCCNCCOCC=O. The van der Waals surface area contributed by atoms with Gasteiger partial charge in [-0.05, 0) is 0 Å². The highest BCUT2D eigenvalue weighted by atomic mass is 16.5. The van der Waals surface area contributed by atoms with Crippen molar-refractivity contribution in [3.8, 4) is 0 Å². The average molecular weight is 189 g/mol. The molecule has 0 atom stereocenters. The van der Waals surface area contributed by atoms with Crippen molar-refractivity contribution in [2.75, 3.05) is 39.5 Å². The van der Waals surface area contributed by atoms with Gasteiger partial charge in [0, 0.05) is 13.1 Å². The molecule has 0 aliphatic rings. The Morgan fingerprint density at radius 2 is 1.38 bits per heavy atom. The number of rotatable bonds is 10. The van der Waals surface area contributed by atoms with Gasteiger partial charge in [0.2, 0.25) is 0 Å². The quantitative estimate of drug-likeness (QED) is 0.353. The minimum atomic E-state index is 0.142. The fraction of sp³-hybridized carbons (Fsp3) is 0.750. The number of carbonyl (C=O) groups excluding carboxylic acids is 2. The molecule has 1 N–H and O–H groups in total. The molecule has 0 aromatic carbocycles. The third-order valence-electron chi connectivity index (χ3n) is 1.22. The largest absolute Gasteiger partial charge is 0.373 e. The molecule has 0 aliphatic carbocycles. The predicted molar refractivity (Wildman–Crippen MR) is 46.6 cm³/mol. The molecule has 5 nitrogen and oxygen atoms in total. The van der Waals surface area contributed by atoms with E-state index < -0.39 is 0 Å². The summed E-state index contributed by atoms with van der Waals surface area (Å²) >= 11 is 0. The Balaban J connectivity index is 2.83. The first-order chi connectivity index (χ1) is 6.41. The molecule has 0 saturated carbocycles. The highest BCUT2D eigenvalue weighted by Gasteiger charge is 1.88. The Labute approximate surface area is 77.4 Å². The highest BCUT2D eigenvalue weighted by molar-refractivity contribution is 5.50. The van der Waals surface area contributed by atoms with Crippen molar-refractivity contribution in [3.63, 3.8) is 0 Å². The van der Waals surface area contributed by atoms with Crippen molar-refractivity contribution in [2.45, 2.75) is 0 Å². The Morgan fingerprint density at radius 3 is 1.77 bits per heavy atom. The maximum atomic E-state index is 9.81. The molecule has 13 heavy (non-hydrogen) atoms. The molecule has 0 rings (SSSR count). The van der Waals surface area contributed by atoms with Gasteiger partial charge in [-0.15, -0.1) is 0 Å². The maximum Gasteiger partial charge on any atom is 0.145 e. The highest BCUT2D eigenvalue weighted by Crippen LogP contribution is 1.71. The lowest BCUT2D eigenvalue weighted by atomic mass is 10.6. The Kier molecular flexibility index (Phi) is 10.5. The van der Waals surface area contributed by atoms with Crippen LogP contribution in [0, 0.1) is 0 Å². The second-order valence-electron chi connectivity index (χ2n) is 2.23. The molecule has 5 heteroatoms. The average Bonchev–Trinajstić information content (AvgIpc) is 2.16. The number of hydrogen-bond acceptors (Lipinski definition) is 5. The second kappa shape index (κ2) is 11.2. The van der Waals surface area contributed by atoms with E-state index >= 15 is 0 Å². The van der Waals surface area contributed by atoms with E-state index in [9.17, 15) is 9.59 Å². The summed E-state index contributed by atoms with van der Waals surface area (Å²) in [6.07, 6.45) is 1.43. The van der Waals surface area contributed by atoms with Crippen molar-refractivity contribution in [1.29, 1.82) is 0 Å². The lowest BCUT2D eigenvalue weighted by Crippen LogP contribution is -2.24. The van der Waals surface area contributed by atoms with Gasteiger partial charge in [-0.2, -0.15) is 0 Å². The van der Waals surface area contributed by atoms with Crippen LogP contribution in [-0.2, 0) is 19.1 Å². The lowest BCUT2D eigenvalue weighted by Gasteiger charge is -2.03. The van der Waals surface area contributed by atoms with Crippen molar-refractivity contribution in [2.24, 2.45) is 0 Å². The van der Waals surface area contributed by atoms with E-state index in [4.69, 9.17) is 9.47 Å². The first-order valence-corrected chi connectivity index (χ1v) is 4.15. The summed E-state index contributed by atoms with van der Waals surface area (Å²) < 4.78 is 9.77. The third-order valence-corrected chi connectivity index (χ3v) is 1.22. The summed E-state index contributed by atoms with van der Waals surface area (Å²) in [5.41, 5.74) is 0. The molecule has 0 heterocycles. The first kappa shape index (κ1) is 12.2. The summed E-state index contributed by atoms with van der Waals surface area (Å²) in [5, 5.41) is 3.02. The van der Waals surface area contributed by atoms with Crippen LogP contribution in [0.3, 0.4) is 0 Å². The minimum absolute atomic E-state index is 0.142. The first-order valence-electron chi connectivity index (χ1n) is 4.15. The van der Waals surface area contributed by atoms with Crippen LogP contribution in [-0.4, -0.2) is 52.1 Å². The summed E-state index contributed by atoms with van der Waals surface area (Å²) in [6.45, 7) is 2.65. The zero-order chi connectivity index (χ0) is 9.78. The maximum absolute atomic E-state index is 9.81. The zero-order valence-corrected chi connectivity index (χ0v) is 7.53. The van der Waals surface area contributed by atoms with E-state index in [-0.39, 0.29) is 13.2 Å². The van der Waals surface area contributed by atoms with Crippen LogP contribution < -0.4 is 5.32 Å². The van der Waals surface area contributed by atoms with Crippen LogP contribution in [0.4, 0.5) is 0 Å². The Bertz CT molecular complexity index is 115. The Morgan fingerprint density at radius 1 is 0.923 bits per heavy atom. The van der Waals surface area contributed by atoms with Crippen LogP contribution in [0.25, 0.3) is 0 Å². The molecule has 0 aromatic rings. The van der Waals surface area contributed by atoms with E-state index in [0.29, 0.717) is 38.9 Å². The van der Waals surface area contributed by atoms with Gasteiger partial charge in [-0.3, -0.25) is 0 Å². The molecule has 0 fully saturated rings. The van der Waals surface area contributed by atoms with Crippen molar-refractivity contribution < 1.29 is 19.1 Å².